The summed E-state index contributed by atoms with van der Waals surface area (Å²) >= 11 is 1.68. The highest BCUT2D eigenvalue weighted by atomic mass is 32.1. The molecule has 1 aromatic heterocycles. The molecule has 6 rings (SSSR count). The van der Waals surface area contributed by atoms with E-state index in [1.165, 1.54) is 11.6 Å². The number of rotatable bonds is 11. The van der Waals surface area contributed by atoms with E-state index in [1.54, 1.807) is 30.6 Å². The van der Waals surface area contributed by atoms with Crippen molar-refractivity contribution in [2.24, 2.45) is 5.10 Å². The molecule has 46 heavy (non-hydrogen) atoms. The highest BCUT2D eigenvalue weighted by molar-refractivity contribution is 7.21. The Labute approximate surface area is 273 Å². The van der Waals surface area contributed by atoms with E-state index in [4.69, 9.17) is 29.0 Å². The molecule has 8 nitrogen and oxygen atoms in total. The van der Waals surface area contributed by atoms with E-state index < -0.39 is 0 Å². The van der Waals surface area contributed by atoms with Gasteiger partial charge in [0.15, 0.2) is 11.5 Å². The first-order valence-corrected chi connectivity index (χ1v) is 16.1. The third kappa shape index (κ3) is 6.55. The van der Waals surface area contributed by atoms with Crippen molar-refractivity contribution in [3.05, 3.63) is 101 Å². The molecule has 0 radical (unpaired) electrons. The van der Waals surface area contributed by atoms with Crippen molar-refractivity contribution in [2.75, 3.05) is 27.4 Å². The Morgan fingerprint density at radius 2 is 1.63 bits per heavy atom. The monoisotopic (exact) mass is 635 g/mol. The molecular weight excluding hydrogens is 598 g/mol. The summed E-state index contributed by atoms with van der Waals surface area (Å²) in [5.74, 6) is 2.72. The third-order valence-electron chi connectivity index (χ3n) is 8.19. The molecule has 1 unspecified atom stereocenters. The SMILES string of the molecule is COc1ccc(C2CC(c3cc(C)c(C)c(OC)c3)=NN2C(C)=O)cc1OCCCOc1ccc(-c2nc3ccccc3s2)cc1. The maximum atomic E-state index is 12.7. The van der Waals surface area contributed by atoms with Crippen molar-refractivity contribution in [1.82, 2.24) is 9.99 Å². The first kappa shape index (κ1) is 31.1. The molecule has 1 aliphatic rings. The summed E-state index contributed by atoms with van der Waals surface area (Å²) in [6, 6.07) is 25.8. The normalized spacial score (nSPS) is 14.3. The maximum absolute atomic E-state index is 12.7. The van der Waals surface area contributed by atoms with Crippen LogP contribution in [0.5, 0.6) is 23.0 Å². The van der Waals surface area contributed by atoms with Gasteiger partial charge >= 0.3 is 0 Å². The van der Waals surface area contributed by atoms with Crippen LogP contribution < -0.4 is 18.9 Å². The lowest BCUT2D eigenvalue weighted by Gasteiger charge is -2.22. The largest absolute Gasteiger partial charge is 0.496 e. The van der Waals surface area contributed by atoms with Gasteiger partial charge in [0.2, 0.25) is 5.91 Å². The Morgan fingerprint density at radius 3 is 2.37 bits per heavy atom. The summed E-state index contributed by atoms with van der Waals surface area (Å²) in [6.45, 7) is 6.56. The van der Waals surface area contributed by atoms with Gasteiger partial charge in [-0.2, -0.15) is 5.10 Å². The van der Waals surface area contributed by atoms with Crippen molar-refractivity contribution < 1.29 is 23.7 Å². The topological polar surface area (TPSA) is 82.5 Å². The number of hydrogen-bond acceptors (Lipinski definition) is 8. The van der Waals surface area contributed by atoms with Crippen LogP contribution in [0.15, 0.2) is 84.0 Å². The summed E-state index contributed by atoms with van der Waals surface area (Å²) in [7, 11) is 3.29. The molecule has 236 valence electrons. The highest BCUT2D eigenvalue weighted by Crippen LogP contribution is 2.38. The van der Waals surface area contributed by atoms with E-state index in [0.29, 0.717) is 37.6 Å². The third-order valence-corrected chi connectivity index (χ3v) is 9.27. The Balaban J connectivity index is 1.07. The summed E-state index contributed by atoms with van der Waals surface area (Å²) in [5.41, 5.74) is 6.99. The molecule has 5 aromatic rings. The number of carbonyl (C=O) groups excluding carboxylic acids is 1. The van der Waals surface area contributed by atoms with Crippen LogP contribution in [-0.4, -0.2) is 49.0 Å². The number of methoxy groups -OCH3 is 2. The van der Waals surface area contributed by atoms with Gasteiger partial charge in [-0.05, 0) is 91.2 Å². The van der Waals surface area contributed by atoms with Gasteiger partial charge in [0.1, 0.15) is 16.5 Å². The fraction of sp³-hybridized carbons (Fsp3) is 0.270. The molecule has 0 aliphatic carbocycles. The fourth-order valence-corrected chi connectivity index (χ4v) is 6.55. The Bertz CT molecular complexity index is 1870. The second-order valence-electron chi connectivity index (χ2n) is 11.2. The van der Waals surface area contributed by atoms with Crippen molar-refractivity contribution in [3.63, 3.8) is 0 Å². The zero-order valence-corrected chi connectivity index (χ0v) is 27.5. The second kappa shape index (κ2) is 13.6. The summed E-state index contributed by atoms with van der Waals surface area (Å²) < 4.78 is 24.5. The molecule has 2 heterocycles. The number of carbonyl (C=O) groups is 1. The van der Waals surface area contributed by atoms with Crippen molar-refractivity contribution in [2.45, 2.75) is 39.7 Å². The van der Waals surface area contributed by atoms with Gasteiger partial charge in [-0.25, -0.2) is 9.99 Å². The maximum Gasteiger partial charge on any atom is 0.240 e. The molecule has 1 aliphatic heterocycles. The number of hydrazone groups is 1. The Hall–Kier alpha value is -4.89. The summed E-state index contributed by atoms with van der Waals surface area (Å²) in [5, 5.41) is 7.28. The Morgan fingerprint density at radius 1 is 0.870 bits per heavy atom. The van der Waals surface area contributed by atoms with Gasteiger partial charge in [0.25, 0.3) is 0 Å². The number of thiazole rings is 1. The first-order valence-electron chi connectivity index (χ1n) is 15.3. The zero-order valence-electron chi connectivity index (χ0n) is 26.7. The first-order chi connectivity index (χ1) is 22.3. The Kier molecular flexibility index (Phi) is 9.21. The molecule has 0 saturated heterocycles. The number of para-hydroxylation sites is 1. The van der Waals surface area contributed by atoms with Crippen LogP contribution in [0.4, 0.5) is 0 Å². The van der Waals surface area contributed by atoms with E-state index >= 15 is 0 Å². The molecule has 1 atom stereocenters. The summed E-state index contributed by atoms with van der Waals surface area (Å²) in [6.07, 6.45) is 1.25. The highest BCUT2D eigenvalue weighted by Gasteiger charge is 2.32. The van der Waals surface area contributed by atoms with Gasteiger partial charge in [-0.3, -0.25) is 4.79 Å². The van der Waals surface area contributed by atoms with E-state index in [2.05, 4.69) is 19.1 Å². The molecular formula is C37H37N3O5S. The smallest absolute Gasteiger partial charge is 0.240 e. The molecule has 0 bridgehead atoms. The van der Waals surface area contributed by atoms with E-state index in [1.807, 2.05) is 73.7 Å². The number of aromatic nitrogens is 1. The minimum absolute atomic E-state index is 0.126. The minimum Gasteiger partial charge on any atom is -0.496 e. The van der Waals surface area contributed by atoms with Crippen molar-refractivity contribution >= 4 is 33.2 Å². The van der Waals surface area contributed by atoms with Crippen molar-refractivity contribution in [1.29, 1.82) is 0 Å². The molecule has 0 N–H and O–H groups in total. The lowest BCUT2D eigenvalue weighted by molar-refractivity contribution is -0.130. The number of aryl methyl sites for hydroxylation is 1. The average molecular weight is 636 g/mol. The van der Waals surface area contributed by atoms with Gasteiger partial charge in [-0.15, -0.1) is 11.3 Å². The van der Waals surface area contributed by atoms with Crippen LogP contribution in [0.25, 0.3) is 20.8 Å². The number of hydrogen-bond donors (Lipinski definition) is 0. The van der Waals surface area contributed by atoms with Crippen LogP contribution in [0.3, 0.4) is 0 Å². The standard InChI is InChI=1S/C37H37N3O5S/c1-23-19-28(21-34(43-5)24(23)2)31-22-32(40(39-31)25(3)41)27-13-16-33(42-4)35(20-27)45-18-8-17-44-29-14-11-26(12-15-29)37-38-30-9-6-7-10-36(30)46-37/h6-7,9-16,19-21,32H,8,17-18,22H2,1-5H3. The predicted molar refractivity (Wildman–Crippen MR) is 183 cm³/mol. The van der Waals surface area contributed by atoms with E-state index in [0.717, 1.165) is 55.6 Å². The summed E-state index contributed by atoms with van der Waals surface area (Å²) in [4.78, 5) is 17.4. The zero-order chi connectivity index (χ0) is 32.2. The molecule has 0 spiro atoms. The minimum atomic E-state index is -0.262. The van der Waals surface area contributed by atoms with Gasteiger partial charge in [0.05, 0.1) is 49.4 Å². The lowest BCUT2D eigenvalue weighted by Crippen LogP contribution is -2.24. The molecule has 9 heteroatoms. The van der Waals surface area contributed by atoms with Gasteiger partial charge in [0, 0.05) is 30.9 Å². The van der Waals surface area contributed by atoms with Gasteiger partial charge in [-0.1, -0.05) is 18.2 Å². The van der Waals surface area contributed by atoms with E-state index in [-0.39, 0.29) is 11.9 Å². The predicted octanol–water partition coefficient (Wildman–Crippen LogP) is 8.14. The number of ether oxygens (including phenoxy) is 4. The molecule has 0 saturated carbocycles. The van der Waals surface area contributed by atoms with Crippen LogP contribution in [0.2, 0.25) is 0 Å². The fourth-order valence-electron chi connectivity index (χ4n) is 5.57. The lowest BCUT2D eigenvalue weighted by atomic mass is 9.95. The quantitative estimate of drug-likeness (QED) is 0.136. The molecule has 4 aromatic carbocycles. The van der Waals surface area contributed by atoms with Gasteiger partial charge < -0.3 is 18.9 Å². The number of nitrogens with zero attached hydrogens (tertiary/aromatic N) is 3. The second-order valence-corrected chi connectivity index (χ2v) is 12.3. The average Bonchev–Trinajstić information content (AvgIpc) is 3.72. The van der Waals surface area contributed by atoms with Crippen LogP contribution in [-0.2, 0) is 4.79 Å². The number of amides is 1. The number of benzene rings is 4. The molecule has 0 fully saturated rings. The van der Waals surface area contributed by atoms with Crippen LogP contribution in [0.1, 0.15) is 48.1 Å². The van der Waals surface area contributed by atoms with Crippen LogP contribution >= 0.6 is 11.3 Å². The van der Waals surface area contributed by atoms with Crippen LogP contribution in [0, 0.1) is 13.8 Å². The van der Waals surface area contributed by atoms with E-state index in [9.17, 15) is 4.79 Å². The molecule has 1 amide bonds. The number of fused-ring (bicyclic) bond motifs is 1. The van der Waals surface area contributed by atoms with Crippen molar-refractivity contribution in [3.8, 4) is 33.6 Å².